The van der Waals surface area contributed by atoms with Gasteiger partial charge in [0.15, 0.2) is 5.96 Å². The summed E-state index contributed by atoms with van der Waals surface area (Å²) < 4.78 is 0. The maximum Gasteiger partial charge on any atom is 0.194 e. The van der Waals surface area contributed by atoms with E-state index in [1.54, 1.807) is 29.7 Å². The van der Waals surface area contributed by atoms with E-state index in [0.29, 0.717) is 6.54 Å². The first-order chi connectivity index (χ1) is 10.1. The lowest BCUT2D eigenvalue weighted by atomic mass is 10.4. The Balaban J connectivity index is 0.00000242. The van der Waals surface area contributed by atoms with E-state index in [1.807, 2.05) is 14.0 Å². The van der Waals surface area contributed by atoms with Gasteiger partial charge in [-0.2, -0.15) is 0 Å². The molecule has 0 atom stereocenters. The van der Waals surface area contributed by atoms with Gasteiger partial charge in [0.2, 0.25) is 0 Å². The second-order valence-corrected chi connectivity index (χ2v) is 6.71. The number of guanidine groups is 1. The lowest BCUT2D eigenvalue weighted by Gasteiger charge is -2.20. The second kappa shape index (κ2) is 9.41. The van der Waals surface area contributed by atoms with E-state index in [9.17, 15) is 0 Å². The van der Waals surface area contributed by atoms with Gasteiger partial charge >= 0.3 is 0 Å². The maximum atomic E-state index is 4.55. The quantitative estimate of drug-likeness (QED) is 0.431. The van der Waals surface area contributed by atoms with Crippen LogP contribution in [0.5, 0.6) is 0 Å². The molecule has 2 aromatic heterocycles. The number of thiazole rings is 2. The normalized spacial score (nSPS) is 11.2. The first kappa shape index (κ1) is 19.3. The number of nitrogens with one attached hydrogen (secondary N) is 1. The van der Waals surface area contributed by atoms with Crippen LogP contribution in [0.2, 0.25) is 0 Å². The van der Waals surface area contributed by atoms with Gasteiger partial charge in [0, 0.05) is 24.9 Å². The monoisotopic (exact) mass is 451 g/mol. The first-order valence-electron chi connectivity index (χ1n) is 6.88. The number of rotatable bonds is 5. The zero-order chi connectivity index (χ0) is 15.2. The van der Waals surface area contributed by atoms with Crippen LogP contribution in [-0.4, -0.2) is 34.9 Å². The predicted octanol–water partition coefficient (Wildman–Crippen LogP) is 3.30. The molecule has 0 aliphatic carbocycles. The summed E-state index contributed by atoms with van der Waals surface area (Å²) in [6.07, 6.45) is 0.989. The molecular weight excluding hydrogens is 429 g/mol. The van der Waals surface area contributed by atoms with Crippen LogP contribution < -0.4 is 5.32 Å². The average molecular weight is 451 g/mol. The fourth-order valence-electron chi connectivity index (χ4n) is 1.95. The van der Waals surface area contributed by atoms with Gasteiger partial charge in [0.05, 0.1) is 34.5 Å². The number of hydrogen-bond donors (Lipinski definition) is 1. The molecule has 0 saturated carbocycles. The molecule has 0 amide bonds. The number of halogens is 1. The van der Waals surface area contributed by atoms with E-state index in [2.05, 4.69) is 42.9 Å². The molecule has 0 aromatic carbocycles. The average Bonchev–Trinajstić information content (AvgIpc) is 3.08. The van der Waals surface area contributed by atoms with Crippen molar-refractivity contribution in [2.75, 3.05) is 14.1 Å². The summed E-state index contributed by atoms with van der Waals surface area (Å²) in [6, 6.07) is 0. The van der Waals surface area contributed by atoms with E-state index < -0.39 is 0 Å². The Hall–Kier alpha value is -0.740. The fourth-order valence-corrected chi connectivity index (χ4v) is 3.29. The van der Waals surface area contributed by atoms with Crippen LogP contribution in [0, 0.1) is 6.92 Å². The highest BCUT2D eigenvalue weighted by molar-refractivity contribution is 14.0. The molecule has 122 valence electrons. The topological polar surface area (TPSA) is 53.4 Å². The number of aromatic nitrogens is 2. The number of hydrogen-bond acceptors (Lipinski definition) is 5. The van der Waals surface area contributed by atoms with Crippen molar-refractivity contribution in [3.8, 4) is 0 Å². The Labute approximate surface area is 156 Å². The molecule has 0 aliphatic heterocycles. The van der Waals surface area contributed by atoms with Gasteiger partial charge in [-0.25, -0.2) is 9.97 Å². The lowest BCUT2D eigenvalue weighted by molar-refractivity contribution is 0.470. The van der Waals surface area contributed by atoms with Crippen molar-refractivity contribution in [2.45, 2.75) is 33.4 Å². The highest BCUT2D eigenvalue weighted by Gasteiger charge is 2.09. The smallest absolute Gasteiger partial charge is 0.194 e. The molecule has 0 radical (unpaired) electrons. The van der Waals surface area contributed by atoms with Crippen LogP contribution in [0.4, 0.5) is 0 Å². The SMILES string of the molecule is CCc1nc(CNC(=NC)N(C)Cc2csc(C)n2)cs1.I. The number of aliphatic imine (C=N–C) groups is 1. The Bertz CT molecular complexity index is 608. The standard InChI is InChI=1S/C14H21N5S2.HI/c1-5-13-18-11(8-21-13)6-16-14(15-3)19(4)7-12-9-20-10(2)17-12;/h8-9H,5-7H2,1-4H3,(H,15,16);1H. The first-order valence-corrected chi connectivity index (χ1v) is 8.64. The molecule has 0 aliphatic rings. The van der Waals surface area contributed by atoms with Crippen molar-refractivity contribution in [1.29, 1.82) is 0 Å². The molecular formula is C14H22IN5S2. The zero-order valence-corrected chi connectivity index (χ0v) is 17.3. The van der Waals surface area contributed by atoms with Crippen LogP contribution in [0.15, 0.2) is 15.8 Å². The van der Waals surface area contributed by atoms with Crippen molar-refractivity contribution in [3.05, 3.63) is 32.2 Å². The number of aryl methyl sites for hydroxylation is 2. The van der Waals surface area contributed by atoms with Crippen LogP contribution in [-0.2, 0) is 19.5 Å². The van der Waals surface area contributed by atoms with Crippen molar-refractivity contribution >= 4 is 52.6 Å². The van der Waals surface area contributed by atoms with Crippen LogP contribution in [0.1, 0.15) is 28.3 Å². The molecule has 8 heteroatoms. The summed E-state index contributed by atoms with van der Waals surface area (Å²) in [4.78, 5) is 15.4. The molecule has 0 spiro atoms. The van der Waals surface area contributed by atoms with E-state index in [1.165, 1.54) is 5.01 Å². The summed E-state index contributed by atoms with van der Waals surface area (Å²) in [5.41, 5.74) is 2.14. The summed E-state index contributed by atoms with van der Waals surface area (Å²) in [6.45, 7) is 5.60. The van der Waals surface area contributed by atoms with E-state index >= 15 is 0 Å². The summed E-state index contributed by atoms with van der Waals surface area (Å²) in [7, 11) is 3.81. The Morgan fingerprint density at radius 1 is 1.27 bits per heavy atom. The van der Waals surface area contributed by atoms with Crippen molar-refractivity contribution in [3.63, 3.8) is 0 Å². The van der Waals surface area contributed by atoms with E-state index in [4.69, 9.17) is 0 Å². The molecule has 2 rings (SSSR count). The third kappa shape index (κ3) is 5.47. The van der Waals surface area contributed by atoms with Gasteiger partial charge in [-0.05, 0) is 13.3 Å². The minimum atomic E-state index is 0. The highest BCUT2D eigenvalue weighted by atomic mass is 127. The minimum absolute atomic E-state index is 0. The molecule has 1 N–H and O–H groups in total. The van der Waals surface area contributed by atoms with Crippen LogP contribution in [0.3, 0.4) is 0 Å². The minimum Gasteiger partial charge on any atom is -0.351 e. The maximum absolute atomic E-state index is 4.55. The largest absolute Gasteiger partial charge is 0.351 e. The van der Waals surface area contributed by atoms with E-state index in [-0.39, 0.29) is 24.0 Å². The molecule has 0 bridgehead atoms. The van der Waals surface area contributed by atoms with Gasteiger partial charge in [0.1, 0.15) is 0 Å². The zero-order valence-electron chi connectivity index (χ0n) is 13.3. The Kier molecular flexibility index (Phi) is 8.26. The third-order valence-electron chi connectivity index (χ3n) is 2.97. The summed E-state index contributed by atoms with van der Waals surface area (Å²) >= 11 is 3.38. The van der Waals surface area contributed by atoms with E-state index in [0.717, 1.165) is 35.3 Å². The van der Waals surface area contributed by atoms with Gasteiger partial charge in [0.25, 0.3) is 0 Å². The molecule has 0 unspecified atom stereocenters. The third-order valence-corrected chi connectivity index (χ3v) is 4.83. The van der Waals surface area contributed by atoms with Crippen molar-refractivity contribution < 1.29 is 0 Å². The Morgan fingerprint density at radius 3 is 2.55 bits per heavy atom. The van der Waals surface area contributed by atoms with Gasteiger partial charge in [-0.1, -0.05) is 6.92 Å². The lowest BCUT2D eigenvalue weighted by Crippen LogP contribution is -2.38. The van der Waals surface area contributed by atoms with Crippen molar-refractivity contribution in [1.82, 2.24) is 20.2 Å². The second-order valence-electron chi connectivity index (χ2n) is 4.70. The molecule has 0 fully saturated rings. The molecule has 5 nitrogen and oxygen atoms in total. The summed E-state index contributed by atoms with van der Waals surface area (Å²) in [5, 5.41) is 9.80. The van der Waals surface area contributed by atoms with Gasteiger partial charge < -0.3 is 10.2 Å². The highest BCUT2D eigenvalue weighted by Crippen LogP contribution is 2.11. The van der Waals surface area contributed by atoms with Crippen LogP contribution >= 0.6 is 46.7 Å². The number of nitrogens with zero attached hydrogens (tertiary/aromatic N) is 4. The van der Waals surface area contributed by atoms with Crippen LogP contribution in [0.25, 0.3) is 0 Å². The Morgan fingerprint density at radius 2 is 2.00 bits per heavy atom. The van der Waals surface area contributed by atoms with Gasteiger partial charge in [-0.15, -0.1) is 46.7 Å². The molecule has 2 aromatic rings. The fraction of sp³-hybridized carbons (Fsp3) is 0.500. The van der Waals surface area contributed by atoms with Crippen molar-refractivity contribution in [2.24, 2.45) is 4.99 Å². The molecule has 22 heavy (non-hydrogen) atoms. The van der Waals surface area contributed by atoms with Gasteiger partial charge in [-0.3, -0.25) is 4.99 Å². The predicted molar refractivity (Wildman–Crippen MR) is 105 cm³/mol. The summed E-state index contributed by atoms with van der Waals surface area (Å²) in [5.74, 6) is 0.853. The molecule has 0 saturated heterocycles. The molecule has 2 heterocycles.